The Balaban J connectivity index is 1.79. The fourth-order valence-electron chi connectivity index (χ4n) is 2.89. The Labute approximate surface area is 131 Å². The van der Waals surface area contributed by atoms with Gasteiger partial charge in [-0.15, -0.1) is 11.3 Å². The average molecular weight is 310 g/mol. The monoisotopic (exact) mass is 310 g/mol. The van der Waals surface area contributed by atoms with E-state index in [0.29, 0.717) is 0 Å². The maximum atomic E-state index is 12.3. The van der Waals surface area contributed by atoms with Crippen LogP contribution < -0.4 is 5.32 Å². The molecule has 1 fully saturated rings. The van der Waals surface area contributed by atoms with Gasteiger partial charge in [0.2, 0.25) is 0 Å². The van der Waals surface area contributed by atoms with Gasteiger partial charge in [0.05, 0.1) is 0 Å². The summed E-state index contributed by atoms with van der Waals surface area (Å²) in [5.74, 6) is 0. The van der Waals surface area contributed by atoms with E-state index < -0.39 is 0 Å². The van der Waals surface area contributed by atoms with Gasteiger partial charge in [0, 0.05) is 37.0 Å². The number of likely N-dealkylation sites (tertiary alicyclic amines) is 1. The van der Waals surface area contributed by atoms with Crippen molar-refractivity contribution in [1.82, 2.24) is 10.2 Å². The van der Waals surface area contributed by atoms with Crippen molar-refractivity contribution in [3.8, 4) is 0 Å². The van der Waals surface area contributed by atoms with Crippen LogP contribution in [0.2, 0.25) is 0 Å². The van der Waals surface area contributed by atoms with Gasteiger partial charge in [-0.3, -0.25) is 0 Å². The van der Waals surface area contributed by atoms with Gasteiger partial charge in [-0.05, 0) is 43.0 Å². The lowest BCUT2D eigenvalue weighted by atomic mass is 9.77. The molecule has 2 amide bonds. The first kappa shape index (κ1) is 16.3. The topological polar surface area (TPSA) is 52.6 Å². The van der Waals surface area contributed by atoms with Crippen LogP contribution in [0.5, 0.6) is 0 Å². The van der Waals surface area contributed by atoms with Crippen molar-refractivity contribution >= 4 is 17.4 Å². The lowest BCUT2D eigenvalue weighted by molar-refractivity contribution is 0.0516. The molecule has 1 saturated heterocycles. The second-order valence-electron chi connectivity index (χ2n) is 6.13. The molecule has 5 heteroatoms. The van der Waals surface area contributed by atoms with Crippen molar-refractivity contribution in [2.45, 2.75) is 45.6 Å². The van der Waals surface area contributed by atoms with Gasteiger partial charge in [-0.1, -0.05) is 13.0 Å². The van der Waals surface area contributed by atoms with E-state index in [0.717, 1.165) is 38.8 Å². The molecule has 0 aromatic carbocycles. The van der Waals surface area contributed by atoms with Gasteiger partial charge in [0.1, 0.15) is 0 Å². The van der Waals surface area contributed by atoms with Crippen molar-refractivity contribution in [2.24, 2.45) is 5.41 Å². The number of aliphatic hydroxyl groups excluding tert-OH is 1. The third-order valence-corrected chi connectivity index (χ3v) is 5.55. The summed E-state index contributed by atoms with van der Waals surface area (Å²) in [6.45, 7) is 5.88. The Hall–Kier alpha value is -1.07. The van der Waals surface area contributed by atoms with Crippen molar-refractivity contribution in [2.75, 3.05) is 19.7 Å². The van der Waals surface area contributed by atoms with Crippen molar-refractivity contribution < 1.29 is 9.90 Å². The highest BCUT2D eigenvalue weighted by Gasteiger charge is 2.34. The SMILES string of the molecule is CCC1(CO)CCN(C(=O)NC(C)Cc2cccs2)CC1. The summed E-state index contributed by atoms with van der Waals surface area (Å²) in [7, 11) is 0. The van der Waals surface area contributed by atoms with Crippen LogP contribution in [0, 0.1) is 5.41 Å². The molecular weight excluding hydrogens is 284 g/mol. The fraction of sp³-hybridized carbons (Fsp3) is 0.688. The van der Waals surface area contributed by atoms with Crippen LogP contribution in [0.25, 0.3) is 0 Å². The van der Waals surface area contributed by atoms with Crippen LogP contribution in [0.3, 0.4) is 0 Å². The summed E-state index contributed by atoms with van der Waals surface area (Å²) in [6.07, 6.45) is 3.65. The first-order valence-electron chi connectivity index (χ1n) is 7.77. The predicted octanol–water partition coefficient (Wildman–Crippen LogP) is 2.87. The number of piperidine rings is 1. The zero-order chi connectivity index (χ0) is 15.3. The van der Waals surface area contributed by atoms with Crippen LogP contribution in [-0.4, -0.2) is 41.8 Å². The minimum Gasteiger partial charge on any atom is -0.396 e. The van der Waals surface area contributed by atoms with Crippen molar-refractivity contribution in [1.29, 1.82) is 0 Å². The third-order valence-electron chi connectivity index (χ3n) is 4.65. The summed E-state index contributed by atoms with van der Waals surface area (Å²) in [4.78, 5) is 15.5. The zero-order valence-corrected chi connectivity index (χ0v) is 13.8. The first-order chi connectivity index (χ1) is 10.1. The number of carbonyl (C=O) groups excluding carboxylic acids is 1. The molecule has 1 atom stereocenters. The molecule has 118 valence electrons. The van der Waals surface area contributed by atoms with Crippen LogP contribution in [-0.2, 0) is 6.42 Å². The molecule has 0 saturated carbocycles. The highest BCUT2D eigenvalue weighted by Crippen LogP contribution is 2.34. The van der Waals surface area contributed by atoms with E-state index in [1.165, 1.54) is 4.88 Å². The summed E-state index contributed by atoms with van der Waals surface area (Å²) < 4.78 is 0. The number of hydrogen-bond acceptors (Lipinski definition) is 3. The third kappa shape index (κ3) is 4.20. The van der Waals surface area contributed by atoms with E-state index in [2.05, 4.69) is 23.7 Å². The number of amides is 2. The smallest absolute Gasteiger partial charge is 0.317 e. The molecule has 0 aliphatic carbocycles. The van der Waals surface area contributed by atoms with Gasteiger partial charge in [0.25, 0.3) is 0 Å². The minimum atomic E-state index is 0.0271. The Kier molecular flexibility index (Phi) is 5.65. The predicted molar refractivity (Wildman–Crippen MR) is 86.6 cm³/mol. The second-order valence-corrected chi connectivity index (χ2v) is 7.16. The van der Waals surface area contributed by atoms with E-state index in [4.69, 9.17) is 0 Å². The molecule has 2 rings (SSSR count). The molecule has 4 nitrogen and oxygen atoms in total. The molecule has 1 unspecified atom stereocenters. The summed E-state index contributed by atoms with van der Waals surface area (Å²) in [6, 6.07) is 4.32. The number of thiophene rings is 1. The summed E-state index contributed by atoms with van der Waals surface area (Å²) in [5, 5.41) is 14.7. The van der Waals surface area contributed by atoms with E-state index in [1.54, 1.807) is 11.3 Å². The number of carbonyl (C=O) groups is 1. The maximum Gasteiger partial charge on any atom is 0.317 e. The maximum absolute atomic E-state index is 12.3. The molecule has 0 spiro atoms. The molecule has 1 aliphatic rings. The Bertz CT molecular complexity index is 433. The molecule has 2 heterocycles. The molecule has 0 radical (unpaired) electrons. The van der Waals surface area contributed by atoms with E-state index >= 15 is 0 Å². The minimum absolute atomic E-state index is 0.0271. The molecule has 21 heavy (non-hydrogen) atoms. The summed E-state index contributed by atoms with van der Waals surface area (Å²) >= 11 is 1.73. The normalized spacial score (nSPS) is 19.3. The molecule has 0 bridgehead atoms. The lowest BCUT2D eigenvalue weighted by Crippen LogP contribution is -2.50. The number of nitrogens with zero attached hydrogens (tertiary/aromatic N) is 1. The Morgan fingerprint density at radius 3 is 2.76 bits per heavy atom. The Morgan fingerprint density at radius 1 is 1.52 bits per heavy atom. The first-order valence-corrected chi connectivity index (χ1v) is 8.65. The number of hydrogen-bond donors (Lipinski definition) is 2. The second kappa shape index (κ2) is 7.27. The van der Waals surface area contributed by atoms with Gasteiger partial charge in [0.15, 0.2) is 0 Å². The van der Waals surface area contributed by atoms with Crippen LogP contribution in [0.4, 0.5) is 4.79 Å². The van der Waals surface area contributed by atoms with Crippen molar-refractivity contribution in [3.63, 3.8) is 0 Å². The van der Waals surface area contributed by atoms with Gasteiger partial charge < -0.3 is 15.3 Å². The number of nitrogens with one attached hydrogen (secondary N) is 1. The molecule has 1 aliphatic heterocycles. The van der Waals surface area contributed by atoms with Crippen LogP contribution >= 0.6 is 11.3 Å². The van der Waals surface area contributed by atoms with Gasteiger partial charge >= 0.3 is 6.03 Å². The van der Waals surface area contributed by atoms with E-state index in [-0.39, 0.29) is 24.1 Å². The number of aliphatic hydroxyl groups is 1. The lowest BCUT2D eigenvalue weighted by Gasteiger charge is -2.40. The average Bonchev–Trinajstić information content (AvgIpc) is 3.00. The van der Waals surface area contributed by atoms with Crippen molar-refractivity contribution in [3.05, 3.63) is 22.4 Å². The largest absolute Gasteiger partial charge is 0.396 e. The number of urea groups is 1. The zero-order valence-electron chi connectivity index (χ0n) is 13.0. The quantitative estimate of drug-likeness (QED) is 0.878. The molecule has 1 aromatic heterocycles. The highest BCUT2D eigenvalue weighted by molar-refractivity contribution is 7.09. The Morgan fingerprint density at radius 2 is 2.24 bits per heavy atom. The standard InChI is InChI=1S/C16H26N2O2S/c1-3-16(12-19)6-8-18(9-7-16)15(20)17-13(2)11-14-5-4-10-21-14/h4-5,10,13,19H,3,6-9,11-12H2,1-2H3,(H,17,20). The highest BCUT2D eigenvalue weighted by atomic mass is 32.1. The molecule has 2 N–H and O–H groups in total. The van der Waals surface area contributed by atoms with Gasteiger partial charge in [-0.2, -0.15) is 0 Å². The summed E-state index contributed by atoms with van der Waals surface area (Å²) in [5.41, 5.74) is 0.0271. The molecular formula is C16H26N2O2S. The van der Waals surface area contributed by atoms with Crippen LogP contribution in [0.1, 0.15) is 38.0 Å². The fourth-order valence-corrected chi connectivity index (χ4v) is 3.73. The number of rotatable bonds is 5. The molecule has 1 aromatic rings. The van der Waals surface area contributed by atoms with Gasteiger partial charge in [-0.25, -0.2) is 4.79 Å². The van der Waals surface area contributed by atoms with Crippen LogP contribution in [0.15, 0.2) is 17.5 Å². The van der Waals surface area contributed by atoms with E-state index in [1.807, 2.05) is 17.9 Å². The van der Waals surface area contributed by atoms with E-state index in [9.17, 15) is 9.90 Å².